The highest BCUT2D eigenvalue weighted by Crippen LogP contribution is 2.53. The monoisotopic (exact) mass is 438 g/mol. The molecule has 2 heterocycles. The van der Waals surface area contributed by atoms with Crippen LogP contribution >= 0.6 is 0 Å². The van der Waals surface area contributed by atoms with Gasteiger partial charge in [-0.1, -0.05) is 13.0 Å². The van der Waals surface area contributed by atoms with Crippen molar-refractivity contribution in [3.63, 3.8) is 0 Å². The van der Waals surface area contributed by atoms with Crippen molar-refractivity contribution in [2.75, 3.05) is 31.1 Å². The van der Waals surface area contributed by atoms with Gasteiger partial charge in [-0.25, -0.2) is 9.37 Å². The van der Waals surface area contributed by atoms with Gasteiger partial charge in [-0.15, -0.1) is 0 Å². The van der Waals surface area contributed by atoms with Crippen LogP contribution < -0.4 is 10.5 Å². The number of piperazine rings is 1. The molecule has 6 heteroatoms. The molecule has 0 unspecified atom stereocenters. The number of aryl methyl sites for hydroxylation is 2. The fourth-order valence-corrected chi connectivity index (χ4v) is 5.72. The predicted molar refractivity (Wildman–Crippen MR) is 126 cm³/mol. The van der Waals surface area contributed by atoms with E-state index in [0.717, 1.165) is 87.5 Å². The van der Waals surface area contributed by atoms with Gasteiger partial charge in [0.2, 0.25) is 0 Å². The van der Waals surface area contributed by atoms with Crippen LogP contribution in [-0.4, -0.2) is 47.1 Å². The van der Waals surface area contributed by atoms with Crippen molar-refractivity contribution in [3.8, 4) is 0 Å². The Morgan fingerprint density at radius 1 is 1.19 bits per heavy atom. The SMILES string of the molecule is CC[C@@H](CCCc1nc2c(c(=O)[nH]1)CC1(CC2)CC1)N1CCN(c2cccc(F)c2)CC1. The molecule has 1 N–H and O–H groups in total. The average Bonchev–Trinajstić information content (AvgIpc) is 3.56. The first-order chi connectivity index (χ1) is 15.5. The number of H-pyrrole nitrogens is 1. The normalized spacial score (nSPS) is 20.9. The van der Waals surface area contributed by atoms with Gasteiger partial charge in [0, 0.05) is 49.9 Å². The molecule has 2 aliphatic carbocycles. The van der Waals surface area contributed by atoms with E-state index in [9.17, 15) is 9.18 Å². The van der Waals surface area contributed by atoms with E-state index in [2.05, 4.69) is 21.7 Å². The minimum atomic E-state index is -0.169. The number of halogens is 1. The molecule has 5 rings (SSSR count). The summed E-state index contributed by atoms with van der Waals surface area (Å²) in [5, 5.41) is 0. The zero-order chi connectivity index (χ0) is 22.1. The fraction of sp³-hybridized carbons (Fsp3) is 0.615. The van der Waals surface area contributed by atoms with Crippen molar-refractivity contribution in [1.82, 2.24) is 14.9 Å². The van der Waals surface area contributed by atoms with Gasteiger partial charge in [-0.3, -0.25) is 9.69 Å². The highest BCUT2D eigenvalue weighted by atomic mass is 19.1. The maximum Gasteiger partial charge on any atom is 0.254 e. The summed E-state index contributed by atoms with van der Waals surface area (Å²) in [4.78, 5) is 25.4. The first kappa shape index (κ1) is 21.6. The molecule has 0 amide bonds. The van der Waals surface area contributed by atoms with Gasteiger partial charge in [0.15, 0.2) is 0 Å². The van der Waals surface area contributed by atoms with Crippen LogP contribution in [0.4, 0.5) is 10.1 Å². The molecular formula is C26H35FN4O. The van der Waals surface area contributed by atoms with Gasteiger partial charge in [0.05, 0.1) is 5.69 Å². The van der Waals surface area contributed by atoms with Gasteiger partial charge in [-0.2, -0.15) is 0 Å². The molecule has 5 nitrogen and oxygen atoms in total. The summed E-state index contributed by atoms with van der Waals surface area (Å²) in [6.07, 6.45) is 9.78. The summed E-state index contributed by atoms with van der Waals surface area (Å²) in [5.41, 5.74) is 3.54. The second kappa shape index (κ2) is 8.97. The molecular weight excluding hydrogens is 403 g/mol. The van der Waals surface area contributed by atoms with Gasteiger partial charge < -0.3 is 9.88 Å². The number of hydrogen-bond acceptors (Lipinski definition) is 4. The lowest BCUT2D eigenvalue weighted by Gasteiger charge is -2.40. The number of fused-ring (bicyclic) bond motifs is 1. The third-order valence-corrected chi connectivity index (χ3v) is 7.98. The van der Waals surface area contributed by atoms with Crippen LogP contribution in [0.2, 0.25) is 0 Å². The molecule has 1 aliphatic heterocycles. The largest absolute Gasteiger partial charge is 0.369 e. The van der Waals surface area contributed by atoms with Gasteiger partial charge in [-0.05, 0) is 75.0 Å². The smallest absolute Gasteiger partial charge is 0.254 e. The van der Waals surface area contributed by atoms with Crippen molar-refractivity contribution in [1.29, 1.82) is 0 Å². The third-order valence-electron chi connectivity index (χ3n) is 7.98. The molecule has 1 aromatic carbocycles. The average molecular weight is 439 g/mol. The highest BCUT2D eigenvalue weighted by molar-refractivity contribution is 5.46. The van der Waals surface area contributed by atoms with E-state index in [-0.39, 0.29) is 11.4 Å². The molecule has 2 fully saturated rings. The standard InChI is InChI=1S/C26H35FN4O/c1-2-20(30-13-15-31(16-14-30)21-7-3-5-19(27)17-21)6-4-8-24-28-23-9-10-26(11-12-26)18-22(23)25(32)29-24/h3,5,7,17,20H,2,4,6,8-16,18H2,1H3,(H,28,29,32)/t20-/m0/s1. The number of hydrogen-bond donors (Lipinski definition) is 1. The number of rotatable bonds is 7. The lowest BCUT2D eigenvalue weighted by Crippen LogP contribution is -2.50. The first-order valence-electron chi connectivity index (χ1n) is 12.4. The van der Waals surface area contributed by atoms with Gasteiger partial charge in [0.1, 0.15) is 11.6 Å². The number of nitrogens with one attached hydrogen (secondary N) is 1. The molecule has 32 heavy (non-hydrogen) atoms. The molecule has 1 atom stereocenters. The lowest BCUT2D eigenvalue weighted by molar-refractivity contribution is 0.169. The quantitative estimate of drug-likeness (QED) is 0.707. The Kier molecular flexibility index (Phi) is 6.06. The molecule has 2 aromatic rings. The van der Waals surface area contributed by atoms with Crippen LogP contribution in [0.3, 0.4) is 0 Å². The van der Waals surface area contributed by atoms with Crippen LogP contribution in [0.1, 0.15) is 62.5 Å². The van der Waals surface area contributed by atoms with Crippen molar-refractivity contribution in [3.05, 3.63) is 57.5 Å². The fourth-order valence-electron chi connectivity index (χ4n) is 5.72. The molecule has 0 bridgehead atoms. The molecule has 1 spiro atoms. The predicted octanol–water partition coefficient (Wildman–Crippen LogP) is 4.10. The second-order valence-corrected chi connectivity index (χ2v) is 10.1. The number of aromatic nitrogens is 2. The van der Waals surface area contributed by atoms with Gasteiger partial charge >= 0.3 is 0 Å². The Bertz CT molecular complexity index is 1010. The Labute approximate surface area is 190 Å². The van der Waals surface area contributed by atoms with E-state index < -0.39 is 0 Å². The summed E-state index contributed by atoms with van der Waals surface area (Å²) in [5.74, 6) is 0.698. The lowest BCUT2D eigenvalue weighted by atomic mass is 9.84. The number of benzene rings is 1. The minimum absolute atomic E-state index is 0.108. The number of aromatic amines is 1. The van der Waals surface area contributed by atoms with E-state index in [0.29, 0.717) is 11.5 Å². The van der Waals surface area contributed by atoms with Crippen LogP contribution in [0.15, 0.2) is 29.1 Å². The number of anilines is 1. The van der Waals surface area contributed by atoms with E-state index in [4.69, 9.17) is 4.98 Å². The molecule has 172 valence electrons. The third kappa shape index (κ3) is 4.61. The summed E-state index contributed by atoms with van der Waals surface area (Å²) in [6.45, 7) is 6.13. The van der Waals surface area contributed by atoms with E-state index in [1.165, 1.54) is 25.3 Å². The maximum absolute atomic E-state index is 13.6. The minimum Gasteiger partial charge on any atom is -0.369 e. The molecule has 1 saturated heterocycles. The topological polar surface area (TPSA) is 52.2 Å². The summed E-state index contributed by atoms with van der Waals surface area (Å²) < 4.78 is 13.6. The van der Waals surface area contributed by atoms with Crippen molar-refractivity contribution in [2.24, 2.45) is 5.41 Å². The van der Waals surface area contributed by atoms with E-state index in [1.807, 2.05) is 6.07 Å². The summed E-state index contributed by atoms with van der Waals surface area (Å²) >= 11 is 0. The van der Waals surface area contributed by atoms with Crippen LogP contribution in [0.25, 0.3) is 0 Å². The summed E-state index contributed by atoms with van der Waals surface area (Å²) in [6, 6.07) is 7.45. The van der Waals surface area contributed by atoms with Crippen molar-refractivity contribution >= 4 is 5.69 Å². The first-order valence-corrected chi connectivity index (χ1v) is 12.4. The van der Waals surface area contributed by atoms with Gasteiger partial charge in [0.25, 0.3) is 5.56 Å². The van der Waals surface area contributed by atoms with Crippen molar-refractivity contribution in [2.45, 2.75) is 70.8 Å². The molecule has 1 saturated carbocycles. The summed E-state index contributed by atoms with van der Waals surface area (Å²) in [7, 11) is 0. The Balaban J connectivity index is 1.13. The maximum atomic E-state index is 13.6. The van der Waals surface area contributed by atoms with Crippen LogP contribution in [-0.2, 0) is 19.3 Å². The Hall–Kier alpha value is -2.21. The molecule has 3 aliphatic rings. The van der Waals surface area contributed by atoms with E-state index >= 15 is 0 Å². The molecule has 1 aromatic heterocycles. The number of nitrogens with zero attached hydrogens (tertiary/aromatic N) is 3. The van der Waals surface area contributed by atoms with Crippen LogP contribution in [0, 0.1) is 11.2 Å². The van der Waals surface area contributed by atoms with E-state index in [1.54, 1.807) is 12.1 Å². The Morgan fingerprint density at radius 3 is 2.72 bits per heavy atom. The second-order valence-electron chi connectivity index (χ2n) is 10.1. The zero-order valence-electron chi connectivity index (χ0n) is 19.2. The van der Waals surface area contributed by atoms with Crippen LogP contribution in [0.5, 0.6) is 0 Å². The van der Waals surface area contributed by atoms with Crippen molar-refractivity contribution < 1.29 is 4.39 Å². The highest BCUT2D eigenvalue weighted by Gasteiger charge is 2.45. The molecule has 0 radical (unpaired) electrons. The zero-order valence-corrected chi connectivity index (χ0v) is 19.2. The Morgan fingerprint density at radius 2 is 2.00 bits per heavy atom.